The van der Waals surface area contributed by atoms with E-state index >= 15 is 0 Å². The van der Waals surface area contributed by atoms with Gasteiger partial charge in [0.15, 0.2) is 23.4 Å². The third-order valence-electron chi connectivity index (χ3n) is 6.12. The van der Waals surface area contributed by atoms with Crippen molar-refractivity contribution in [1.82, 2.24) is 0 Å². The average molecular weight is 500 g/mol. The molecule has 0 saturated heterocycles. The Kier molecular flexibility index (Phi) is 6.96. The molecule has 2 unspecified atom stereocenters. The summed E-state index contributed by atoms with van der Waals surface area (Å²) in [6.07, 6.45) is -0.545. The molecular formula is C29H26ClN3O3. The van der Waals surface area contributed by atoms with Gasteiger partial charge in [0.25, 0.3) is 0 Å². The molecule has 0 bridgehead atoms. The standard InChI is InChI=1S/C29H26ClN3O3/c1-35-26-17-9-16-24(27(26)34)28-25(19-31-21-11-8-10-20(30)18-21)29(32-36-28)33(22-12-4-2-5-13-22)23-14-6-3-7-15-23/h2-18,25,28,31,34H,19H2,1H3. The van der Waals surface area contributed by atoms with Crippen LogP contribution in [0.1, 0.15) is 11.7 Å². The minimum Gasteiger partial charge on any atom is -0.504 e. The fraction of sp³-hybridized carbons (Fsp3) is 0.138. The normalized spacial score (nSPS) is 16.7. The first-order valence-corrected chi connectivity index (χ1v) is 12.0. The number of aromatic hydroxyl groups is 1. The number of rotatable bonds is 7. The lowest BCUT2D eigenvalue weighted by molar-refractivity contribution is 0.0619. The van der Waals surface area contributed by atoms with Crippen molar-refractivity contribution in [3.63, 3.8) is 0 Å². The molecular weight excluding hydrogens is 474 g/mol. The molecule has 0 spiro atoms. The van der Waals surface area contributed by atoms with Gasteiger partial charge in [-0.1, -0.05) is 71.4 Å². The summed E-state index contributed by atoms with van der Waals surface area (Å²) in [5, 5.41) is 19.6. The highest BCUT2D eigenvalue weighted by molar-refractivity contribution is 6.30. The van der Waals surface area contributed by atoms with Crippen molar-refractivity contribution in [2.75, 3.05) is 23.9 Å². The first-order chi connectivity index (χ1) is 17.7. The van der Waals surface area contributed by atoms with Crippen molar-refractivity contribution >= 4 is 34.5 Å². The number of phenolic OH excluding ortho intramolecular Hbond substituents is 1. The van der Waals surface area contributed by atoms with Crippen molar-refractivity contribution in [2.45, 2.75) is 6.10 Å². The second-order valence-electron chi connectivity index (χ2n) is 8.38. The Morgan fingerprint density at radius 3 is 2.22 bits per heavy atom. The lowest BCUT2D eigenvalue weighted by Gasteiger charge is -2.29. The van der Waals surface area contributed by atoms with E-state index in [1.807, 2.05) is 97.1 Å². The number of para-hydroxylation sites is 3. The molecule has 2 atom stereocenters. The van der Waals surface area contributed by atoms with Crippen molar-refractivity contribution in [1.29, 1.82) is 0 Å². The Hall–Kier alpha value is -4.16. The summed E-state index contributed by atoms with van der Waals surface area (Å²) in [4.78, 5) is 8.13. The van der Waals surface area contributed by atoms with Gasteiger partial charge in [0, 0.05) is 34.2 Å². The number of oxime groups is 1. The molecule has 0 aliphatic carbocycles. The van der Waals surface area contributed by atoms with Crippen LogP contribution >= 0.6 is 11.6 Å². The summed E-state index contributed by atoms with van der Waals surface area (Å²) in [6, 6.07) is 33.0. The van der Waals surface area contributed by atoms with Gasteiger partial charge in [-0.05, 0) is 48.5 Å². The Morgan fingerprint density at radius 2 is 1.58 bits per heavy atom. The zero-order valence-electron chi connectivity index (χ0n) is 19.7. The predicted octanol–water partition coefficient (Wildman–Crippen LogP) is 7.01. The van der Waals surface area contributed by atoms with Crippen LogP contribution in [0.2, 0.25) is 5.02 Å². The van der Waals surface area contributed by atoms with Crippen LogP contribution in [0, 0.1) is 5.92 Å². The predicted molar refractivity (Wildman–Crippen MR) is 144 cm³/mol. The monoisotopic (exact) mass is 499 g/mol. The highest BCUT2D eigenvalue weighted by Crippen LogP contribution is 2.43. The highest BCUT2D eigenvalue weighted by atomic mass is 35.5. The summed E-state index contributed by atoms with van der Waals surface area (Å²) in [6.45, 7) is 0.483. The maximum atomic E-state index is 10.9. The molecule has 1 aliphatic rings. The number of methoxy groups -OCH3 is 1. The zero-order chi connectivity index (χ0) is 24.9. The number of benzene rings is 4. The number of phenols is 1. The summed E-state index contributed by atoms with van der Waals surface area (Å²) in [7, 11) is 1.53. The third-order valence-corrected chi connectivity index (χ3v) is 6.36. The molecule has 5 rings (SSSR count). The number of hydrogen-bond acceptors (Lipinski definition) is 6. The molecule has 36 heavy (non-hydrogen) atoms. The highest BCUT2D eigenvalue weighted by Gasteiger charge is 2.41. The Balaban J connectivity index is 1.56. The first kappa shape index (κ1) is 23.6. The van der Waals surface area contributed by atoms with Crippen molar-refractivity contribution in [3.8, 4) is 11.5 Å². The van der Waals surface area contributed by atoms with Gasteiger partial charge in [-0.25, -0.2) is 0 Å². The van der Waals surface area contributed by atoms with Gasteiger partial charge in [0.1, 0.15) is 0 Å². The van der Waals surface area contributed by atoms with E-state index in [1.165, 1.54) is 7.11 Å². The molecule has 4 aromatic carbocycles. The lowest BCUT2D eigenvalue weighted by Crippen LogP contribution is -2.36. The second kappa shape index (κ2) is 10.6. The van der Waals surface area contributed by atoms with Gasteiger partial charge in [-0.15, -0.1) is 0 Å². The molecule has 0 amide bonds. The maximum Gasteiger partial charge on any atom is 0.168 e. The molecule has 0 saturated carbocycles. The van der Waals surface area contributed by atoms with Gasteiger partial charge < -0.3 is 20.0 Å². The van der Waals surface area contributed by atoms with E-state index in [0.29, 0.717) is 28.7 Å². The van der Waals surface area contributed by atoms with Gasteiger partial charge in [-0.2, -0.15) is 0 Å². The molecule has 0 fully saturated rings. The van der Waals surface area contributed by atoms with Crippen LogP contribution in [0.4, 0.5) is 17.1 Å². The summed E-state index contributed by atoms with van der Waals surface area (Å²) in [5.74, 6) is 0.880. The minimum atomic E-state index is -0.545. The first-order valence-electron chi connectivity index (χ1n) is 11.6. The number of nitrogens with zero attached hydrogens (tertiary/aromatic N) is 2. The molecule has 182 valence electrons. The van der Waals surface area contributed by atoms with Crippen molar-refractivity contribution in [2.24, 2.45) is 11.1 Å². The minimum absolute atomic E-state index is 0.0418. The Bertz CT molecular complexity index is 1310. The maximum absolute atomic E-state index is 10.9. The van der Waals surface area contributed by atoms with Gasteiger partial charge in [0.2, 0.25) is 0 Å². The molecule has 1 aliphatic heterocycles. The summed E-state index contributed by atoms with van der Waals surface area (Å²) >= 11 is 6.21. The van der Waals surface area contributed by atoms with Gasteiger partial charge in [0.05, 0.1) is 13.0 Å². The van der Waals surface area contributed by atoms with Gasteiger partial charge >= 0.3 is 0 Å². The SMILES string of the molecule is COc1cccc(C2ON=C(N(c3ccccc3)c3ccccc3)C2CNc2cccc(Cl)c2)c1O. The second-order valence-corrected chi connectivity index (χ2v) is 8.81. The number of hydrogen-bond donors (Lipinski definition) is 2. The molecule has 2 N–H and O–H groups in total. The molecule has 4 aromatic rings. The quantitative estimate of drug-likeness (QED) is 0.286. The zero-order valence-corrected chi connectivity index (χ0v) is 20.5. The van der Waals surface area contributed by atoms with E-state index in [4.69, 9.17) is 21.2 Å². The third kappa shape index (κ3) is 4.81. The fourth-order valence-corrected chi connectivity index (χ4v) is 4.58. The molecule has 7 heteroatoms. The van der Waals surface area contributed by atoms with Crippen LogP contribution in [0.3, 0.4) is 0 Å². The largest absolute Gasteiger partial charge is 0.504 e. The van der Waals surface area contributed by atoms with Crippen LogP contribution in [0.5, 0.6) is 11.5 Å². The van der Waals surface area contributed by atoms with Crippen LogP contribution in [-0.2, 0) is 4.84 Å². The topological polar surface area (TPSA) is 66.3 Å². The van der Waals surface area contributed by atoms with E-state index < -0.39 is 6.10 Å². The van der Waals surface area contributed by atoms with E-state index in [-0.39, 0.29) is 11.7 Å². The lowest BCUT2D eigenvalue weighted by atomic mass is 9.92. The summed E-state index contributed by atoms with van der Waals surface area (Å²) in [5.41, 5.74) is 3.39. The summed E-state index contributed by atoms with van der Waals surface area (Å²) < 4.78 is 5.35. The van der Waals surface area contributed by atoms with Crippen LogP contribution in [0.15, 0.2) is 108 Å². The Morgan fingerprint density at radius 1 is 0.917 bits per heavy atom. The van der Waals surface area contributed by atoms with Gasteiger partial charge in [-0.3, -0.25) is 4.90 Å². The van der Waals surface area contributed by atoms with E-state index in [2.05, 4.69) is 15.4 Å². The van der Waals surface area contributed by atoms with E-state index in [1.54, 1.807) is 6.07 Å². The fourth-order valence-electron chi connectivity index (χ4n) is 4.39. The van der Waals surface area contributed by atoms with Crippen molar-refractivity contribution in [3.05, 3.63) is 114 Å². The Labute approximate surface area is 215 Å². The molecule has 1 heterocycles. The number of halogens is 1. The van der Waals surface area contributed by atoms with Crippen LogP contribution < -0.4 is 15.0 Å². The van der Waals surface area contributed by atoms with Crippen LogP contribution in [0.25, 0.3) is 0 Å². The number of amidine groups is 1. The van der Waals surface area contributed by atoms with Crippen LogP contribution in [-0.4, -0.2) is 24.6 Å². The van der Waals surface area contributed by atoms with E-state index in [9.17, 15) is 5.11 Å². The number of ether oxygens (including phenoxy) is 1. The smallest absolute Gasteiger partial charge is 0.168 e. The molecule has 6 nitrogen and oxygen atoms in total. The number of anilines is 3. The molecule has 0 aromatic heterocycles. The average Bonchev–Trinajstić information content (AvgIpc) is 3.32. The van der Waals surface area contributed by atoms with E-state index in [0.717, 1.165) is 17.1 Å². The molecule has 0 radical (unpaired) electrons. The van der Waals surface area contributed by atoms with Crippen molar-refractivity contribution < 1.29 is 14.7 Å². The number of nitrogens with one attached hydrogen (secondary N) is 1.